The monoisotopic (exact) mass is 172 g/mol. The van der Waals surface area contributed by atoms with Crippen LogP contribution >= 0.6 is 0 Å². The van der Waals surface area contributed by atoms with Crippen LogP contribution in [0.1, 0.15) is 36.5 Å². The summed E-state index contributed by atoms with van der Waals surface area (Å²) in [5.74, 6) is 0. The Hall–Kier alpha value is -1.04. The van der Waals surface area contributed by atoms with Crippen LogP contribution in [0.5, 0.6) is 0 Å². The second-order valence-corrected chi connectivity index (χ2v) is 3.79. The molecule has 1 aliphatic carbocycles. The van der Waals surface area contributed by atoms with Crippen molar-refractivity contribution in [2.45, 2.75) is 33.1 Å². The van der Waals surface area contributed by atoms with Crippen molar-refractivity contribution in [2.75, 3.05) is 0 Å². The highest BCUT2D eigenvalue weighted by molar-refractivity contribution is 5.60. The average Bonchev–Trinajstić information content (AvgIpc) is 2.92. The molecule has 1 aromatic rings. The Morgan fingerprint density at radius 3 is 2.69 bits per heavy atom. The Balaban J connectivity index is 2.39. The van der Waals surface area contributed by atoms with E-state index >= 15 is 0 Å². The van der Waals surface area contributed by atoms with Gasteiger partial charge in [-0.25, -0.2) is 0 Å². The topological polar surface area (TPSA) is 0 Å². The predicted octanol–water partition coefficient (Wildman–Crippen LogP) is 3.73. The van der Waals surface area contributed by atoms with Crippen LogP contribution in [0, 0.1) is 6.92 Å². The molecule has 0 heteroatoms. The summed E-state index contributed by atoms with van der Waals surface area (Å²) in [4.78, 5) is 0. The van der Waals surface area contributed by atoms with Gasteiger partial charge in [0, 0.05) is 0 Å². The van der Waals surface area contributed by atoms with Crippen LogP contribution in [0.15, 0.2) is 23.8 Å². The molecule has 0 heterocycles. The second-order valence-electron chi connectivity index (χ2n) is 3.79. The first-order valence-electron chi connectivity index (χ1n) is 5.09. The van der Waals surface area contributed by atoms with Crippen molar-refractivity contribution in [2.24, 2.45) is 0 Å². The molecular weight excluding hydrogens is 156 g/mol. The summed E-state index contributed by atoms with van der Waals surface area (Å²) < 4.78 is 0. The zero-order valence-electron chi connectivity index (χ0n) is 8.43. The SMILES string of the molecule is CCc1cccc(C=C2CC2)c1C. The summed E-state index contributed by atoms with van der Waals surface area (Å²) in [5.41, 5.74) is 5.97. The molecule has 13 heavy (non-hydrogen) atoms. The van der Waals surface area contributed by atoms with Crippen LogP contribution in [0.25, 0.3) is 6.08 Å². The fraction of sp³-hybridized carbons (Fsp3) is 0.385. The third-order valence-corrected chi connectivity index (χ3v) is 2.77. The fourth-order valence-corrected chi connectivity index (χ4v) is 1.68. The maximum atomic E-state index is 2.36. The van der Waals surface area contributed by atoms with Crippen LogP contribution in [0.3, 0.4) is 0 Å². The highest BCUT2D eigenvalue weighted by atomic mass is 14.2. The lowest BCUT2D eigenvalue weighted by molar-refractivity contribution is 1.11. The number of aryl methyl sites for hydroxylation is 1. The third-order valence-electron chi connectivity index (χ3n) is 2.77. The van der Waals surface area contributed by atoms with Crippen LogP contribution in [-0.2, 0) is 6.42 Å². The van der Waals surface area contributed by atoms with Gasteiger partial charge in [0.2, 0.25) is 0 Å². The van der Waals surface area contributed by atoms with Crippen molar-refractivity contribution in [1.29, 1.82) is 0 Å². The molecule has 0 aliphatic heterocycles. The van der Waals surface area contributed by atoms with E-state index in [1.165, 1.54) is 29.5 Å². The molecule has 0 amide bonds. The summed E-state index contributed by atoms with van der Waals surface area (Å²) in [6.45, 7) is 4.45. The largest absolute Gasteiger partial charge is 0.0690 e. The Kier molecular flexibility index (Phi) is 2.22. The normalized spacial score (nSPS) is 14.5. The van der Waals surface area contributed by atoms with Gasteiger partial charge in [0.15, 0.2) is 0 Å². The van der Waals surface area contributed by atoms with Gasteiger partial charge in [-0.05, 0) is 42.9 Å². The Bertz CT molecular complexity index is 339. The summed E-state index contributed by atoms with van der Waals surface area (Å²) in [6.07, 6.45) is 6.13. The fourth-order valence-electron chi connectivity index (χ4n) is 1.68. The van der Waals surface area contributed by atoms with E-state index in [4.69, 9.17) is 0 Å². The quantitative estimate of drug-likeness (QED) is 0.637. The van der Waals surface area contributed by atoms with Crippen molar-refractivity contribution < 1.29 is 0 Å². The van der Waals surface area contributed by atoms with Crippen LogP contribution in [0.4, 0.5) is 0 Å². The Morgan fingerprint density at radius 1 is 1.31 bits per heavy atom. The number of rotatable bonds is 2. The Morgan fingerprint density at radius 2 is 2.08 bits per heavy atom. The number of allylic oxidation sites excluding steroid dienone is 1. The number of hydrogen-bond acceptors (Lipinski definition) is 0. The summed E-state index contributed by atoms with van der Waals surface area (Å²) in [6, 6.07) is 6.62. The minimum absolute atomic E-state index is 1.14. The smallest absolute Gasteiger partial charge is 0.0225 e. The van der Waals surface area contributed by atoms with Gasteiger partial charge >= 0.3 is 0 Å². The van der Waals surface area contributed by atoms with Gasteiger partial charge in [-0.1, -0.05) is 36.8 Å². The highest BCUT2D eigenvalue weighted by Crippen LogP contribution is 2.31. The number of hydrogen-bond donors (Lipinski definition) is 0. The molecule has 0 saturated heterocycles. The van der Waals surface area contributed by atoms with Gasteiger partial charge in [0.1, 0.15) is 0 Å². The van der Waals surface area contributed by atoms with E-state index in [1.807, 2.05) is 0 Å². The first-order valence-corrected chi connectivity index (χ1v) is 5.09. The molecule has 1 aromatic carbocycles. The molecule has 2 rings (SSSR count). The molecule has 1 saturated carbocycles. The highest BCUT2D eigenvalue weighted by Gasteiger charge is 2.11. The van der Waals surface area contributed by atoms with Crippen LogP contribution in [0.2, 0.25) is 0 Å². The van der Waals surface area contributed by atoms with Crippen molar-refractivity contribution in [3.63, 3.8) is 0 Å². The van der Waals surface area contributed by atoms with Crippen molar-refractivity contribution >= 4 is 6.08 Å². The predicted molar refractivity (Wildman–Crippen MR) is 57.8 cm³/mol. The molecule has 0 bridgehead atoms. The minimum atomic E-state index is 1.14. The third kappa shape index (κ3) is 1.82. The molecule has 0 nitrogen and oxygen atoms in total. The summed E-state index contributed by atoms with van der Waals surface area (Å²) >= 11 is 0. The summed E-state index contributed by atoms with van der Waals surface area (Å²) in [5, 5.41) is 0. The van der Waals surface area contributed by atoms with Gasteiger partial charge < -0.3 is 0 Å². The van der Waals surface area contributed by atoms with Crippen molar-refractivity contribution in [1.82, 2.24) is 0 Å². The van der Waals surface area contributed by atoms with E-state index in [9.17, 15) is 0 Å². The lowest BCUT2D eigenvalue weighted by Crippen LogP contribution is -1.88. The van der Waals surface area contributed by atoms with E-state index in [0.29, 0.717) is 0 Å². The molecule has 68 valence electrons. The zero-order valence-corrected chi connectivity index (χ0v) is 8.43. The molecule has 1 aliphatic rings. The molecule has 1 fully saturated rings. The van der Waals surface area contributed by atoms with Crippen LogP contribution < -0.4 is 0 Å². The van der Waals surface area contributed by atoms with Crippen molar-refractivity contribution in [3.8, 4) is 0 Å². The van der Waals surface area contributed by atoms with Gasteiger partial charge in [-0.3, -0.25) is 0 Å². The molecule has 0 radical (unpaired) electrons. The van der Waals surface area contributed by atoms with Gasteiger partial charge in [0.05, 0.1) is 0 Å². The Labute approximate surface area is 80.3 Å². The molecule has 0 spiro atoms. The van der Waals surface area contributed by atoms with Gasteiger partial charge in [0.25, 0.3) is 0 Å². The molecule has 0 atom stereocenters. The van der Waals surface area contributed by atoms with E-state index in [1.54, 1.807) is 5.57 Å². The molecular formula is C13H16. The zero-order chi connectivity index (χ0) is 9.26. The van der Waals surface area contributed by atoms with E-state index < -0.39 is 0 Å². The molecule has 0 N–H and O–H groups in total. The lowest BCUT2D eigenvalue weighted by atomic mass is 10.0. The maximum absolute atomic E-state index is 2.36. The number of benzene rings is 1. The van der Waals surface area contributed by atoms with E-state index in [2.05, 4.69) is 38.1 Å². The first kappa shape index (κ1) is 8.55. The molecule has 0 aromatic heterocycles. The standard InChI is InChI=1S/C13H16/c1-3-12-5-4-6-13(10(12)2)9-11-7-8-11/h4-6,9H,3,7-8H2,1-2H3. The van der Waals surface area contributed by atoms with Crippen LogP contribution in [-0.4, -0.2) is 0 Å². The van der Waals surface area contributed by atoms with Crippen molar-refractivity contribution in [3.05, 3.63) is 40.5 Å². The first-order chi connectivity index (χ1) is 6.31. The van der Waals surface area contributed by atoms with E-state index in [0.717, 1.165) is 6.42 Å². The average molecular weight is 172 g/mol. The molecule has 0 unspecified atom stereocenters. The second kappa shape index (κ2) is 3.37. The lowest BCUT2D eigenvalue weighted by Gasteiger charge is -2.05. The minimum Gasteiger partial charge on any atom is -0.0690 e. The summed E-state index contributed by atoms with van der Waals surface area (Å²) in [7, 11) is 0. The maximum Gasteiger partial charge on any atom is -0.0225 e. The van der Waals surface area contributed by atoms with Gasteiger partial charge in [-0.15, -0.1) is 0 Å². The van der Waals surface area contributed by atoms with E-state index in [-0.39, 0.29) is 0 Å². The van der Waals surface area contributed by atoms with Gasteiger partial charge in [-0.2, -0.15) is 0 Å².